The Hall–Kier alpha value is -2.91. The molecule has 0 aromatic heterocycles. The van der Waals surface area contributed by atoms with Crippen LogP contribution in [0.5, 0.6) is 5.75 Å². The lowest BCUT2D eigenvalue weighted by Crippen LogP contribution is -2.37. The van der Waals surface area contributed by atoms with Crippen LogP contribution in [0.4, 0.5) is 5.69 Å². The molecule has 1 amide bonds. The zero-order valence-electron chi connectivity index (χ0n) is 19.2. The molecule has 0 radical (unpaired) electrons. The number of carbonyl (C=O) groups excluding carboxylic acids is 2. The number of amides is 1. The maximum atomic E-state index is 13.0. The van der Waals surface area contributed by atoms with Crippen LogP contribution in [0.1, 0.15) is 39.2 Å². The number of carbonyl (C=O) groups is 2. The van der Waals surface area contributed by atoms with Gasteiger partial charge in [0, 0.05) is 12.2 Å². The summed E-state index contributed by atoms with van der Waals surface area (Å²) in [5, 5.41) is 2.73. The third kappa shape index (κ3) is 5.54. The molecule has 0 unspecified atom stereocenters. The first-order valence-corrected chi connectivity index (χ1v) is 12.5. The minimum absolute atomic E-state index is 0.0960. The van der Waals surface area contributed by atoms with Gasteiger partial charge in [0.1, 0.15) is 5.75 Å². The molecule has 1 fully saturated rings. The van der Waals surface area contributed by atoms with Crippen LogP contribution in [-0.2, 0) is 29.8 Å². The van der Waals surface area contributed by atoms with E-state index in [-0.39, 0.29) is 24.0 Å². The smallest absolute Gasteiger partial charge is 0.316 e. The fraction of sp³-hybridized carbons (Fsp3) is 0.417. The Labute approximate surface area is 194 Å². The fourth-order valence-corrected chi connectivity index (χ4v) is 5.03. The van der Waals surface area contributed by atoms with Crippen molar-refractivity contribution in [2.24, 2.45) is 0 Å². The quantitative estimate of drug-likeness (QED) is 0.501. The molecule has 0 spiro atoms. The number of benzene rings is 2. The zero-order valence-corrected chi connectivity index (χ0v) is 20.0. The van der Waals surface area contributed by atoms with Gasteiger partial charge in [-0.3, -0.25) is 9.59 Å². The highest BCUT2D eigenvalue weighted by atomic mass is 32.2. The molecule has 2 aromatic rings. The molecule has 0 bridgehead atoms. The average molecular weight is 475 g/mol. The summed E-state index contributed by atoms with van der Waals surface area (Å²) in [5.74, 6) is -0.0952. The summed E-state index contributed by atoms with van der Waals surface area (Å²) >= 11 is 0. The second-order valence-electron chi connectivity index (χ2n) is 7.76. The molecule has 9 heteroatoms. The molecule has 0 aliphatic heterocycles. The highest BCUT2D eigenvalue weighted by Gasteiger charge is 2.52. The standard InChI is InChI=1S/C24H30N2O6S/c1-4-26(33(29,30)21-13-11-20(12-14-21)31-5-2)17-22(27)25-19-9-7-18(8-10-19)24(15-16-24)23(28)32-6-3/h7-14H,4-6,15-17H2,1-3H3,(H,25,27). The molecule has 33 heavy (non-hydrogen) atoms. The molecule has 2 aromatic carbocycles. The molecular weight excluding hydrogens is 444 g/mol. The van der Waals surface area contributed by atoms with Crippen molar-refractivity contribution in [1.29, 1.82) is 0 Å². The predicted molar refractivity (Wildman–Crippen MR) is 125 cm³/mol. The van der Waals surface area contributed by atoms with Crippen LogP contribution < -0.4 is 10.1 Å². The summed E-state index contributed by atoms with van der Waals surface area (Å²) in [5.41, 5.74) is 0.800. The monoisotopic (exact) mass is 474 g/mol. The molecule has 1 aliphatic rings. The molecule has 0 heterocycles. The van der Waals surface area contributed by atoms with E-state index in [4.69, 9.17) is 9.47 Å². The Bertz CT molecular complexity index is 1080. The van der Waals surface area contributed by atoms with Gasteiger partial charge in [0.05, 0.1) is 30.1 Å². The normalized spacial score (nSPS) is 14.5. The van der Waals surface area contributed by atoms with E-state index in [2.05, 4.69) is 5.32 Å². The Morgan fingerprint density at radius 3 is 2.12 bits per heavy atom. The molecule has 1 saturated carbocycles. The van der Waals surface area contributed by atoms with Gasteiger partial charge in [-0.1, -0.05) is 19.1 Å². The van der Waals surface area contributed by atoms with Crippen molar-refractivity contribution in [3.05, 3.63) is 54.1 Å². The number of ether oxygens (including phenoxy) is 2. The Morgan fingerprint density at radius 1 is 0.970 bits per heavy atom. The van der Waals surface area contributed by atoms with Gasteiger partial charge in [-0.2, -0.15) is 4.31 Å². The van der Waals surface area contributed by atoms with Gasteiger partial charge in [-0.05, 0) is 68.7 Å². The SMILES string of the molecule is CCOC(=O)C1(c2ccc(NC(=O)CN(CC)S(=O)(=O)c3ccc(OCC)cc3)cc2)CC1. The van der Waals surface area contributed by atoms with E-state index in [0.29, 0.717) is 24.7 Å². The molecule has 178 valence electrons. The summed E-state index contributed by atoms with van der Waals surface area (Å²) < 4.78 is 37.6. The van der Waals surface area contributed by atoms with Gasteiger partial charge >= 0.3 is 5.97 Å². The van der Waals surface area contributed by atoms with Gasteiger partial charge in [0.25, 0.3) is 0 Å². The number of nitrogens with one attached hydrogen (secondary N) is 1. The van der Waals surface area contributed by atoms with Crippen LogP contribution in [0.2, 0.25) is 0 Å². The third-order valence-electron chi connectivity index (χ3n) is 5.58. The van der Waals surface area contributed by atoms with Crippen LogP contribution >= 0.6 is 0 Å². The van der Waals surface area contributed by atoms with Crippen molar-refractivity contribution in [2.45, 2.75) is 43.9 Å². The van der Waals surface area contributed by atoms with Gasteiger partial charge in [0.2, 0.25) is 15.9 Å². The summed E-state index contributed by atoms with van der Waals surface area (Å²) in [7, 11) is -3.84. The highest BCUT2D eigenvalue weighted by Crippen LogP contribution is 2.49. The minimum Gasteiger partial charge on any atom is -0.494 e. The lowest BCUT2D eigenvalue weighted by Gasteiger charge is -2.20. The number of rotatable bonds is 11. The van der Waals surface area contributed by atoms with Gasteiger partial charge < -0.3 is 14.8 Å². The Morgan fingerprint density at radius 2 is 1.61 bits per heavy atom. The number of sulfonamides is 1. The molecule has 3 rings (SSSR count). The van der Waals surface area contributed by atoms with Gasteiger partial charge in [-0.25, -0.2) is 8.42 Å². The number of hydrogen-bond donors (Lipinski definition) is 1. The molecule has 0 saturated heterocycles. The first-order valence-electron chi connectivity index (χ1n) is 11.1. The van der Waals surface area contributed by atoms with Crippen molar-refractivity contribution in [1.82, 2.24) is 4.31 Å². The highest BCUT2D eigenvalue weighted by molar-refractivity contribution is 7.89. The predicted octanol–water partition coefficient (Wildman–Crippen LogP) is 3.33. The van der Waals surface area contributed by atoms with E-state index in [1.165, 1.54) is 12.1 Å². The number of nitrogens with zero attached hydrogens (tertiary/aromatic N) is 1. The zero-order chi connectivity index (χ0) is 24.1. The minimum atomic E-state index is -3.84. The Balaban J connectivity index is 1.64. The number of esters is 1. The summed E-state index contributed by atoms with van der Waals surface area (Å²) in [4.78, 5) is 24.9. The van der Waals surface area contributed by atoms with Crippen LogP contribution in [0.15, 0.2) is 53.4 Å². The second kappa shape index (κ2) is 10.4. The molecular formula is C24H30N2O6S. The van der Waals surface area contributed by atoms with Crippen molar-refractivity contribution in [3.8, 4) is 5.75 Å². The van der Waals surface area contributed by atoms with E-state index in [0.717, 1.165) is 22.7 Å². The maximum Gasteiger partial charge on any atom is 0.316 e. The molecule has 0 atom stereocenters. The van der Waals surface area contributed by atoms with Gasteiger partial charge in [-0.15, -0.1) is 0 Å². The van der Waals surface area contributed by atoms with Crippen molar-refractivity contribution >= 4 is 27.6 Å². The van der Waals surface area contributed by atoms with Crippen molar-refractivity contribution in [3.63, 3.8) is 0 Å². The third-order valence-corrected chi connectivity index (χ3v) is 7.52. The van der Waals surface area contributed by atoms with E-state index >= 15 is 0 Å². The van der Waals surface area contributed by atoms with E-state index in [1.54, 1.807) is 50.2 Å². The van der Waals surface area contributed by atoms with E-state index in [9.17, 15) is 18.0 Å². The van der Waals surface area contributed by atoms with Crippen molar-refractivity contribution in [2.75, 3.05) is 31.6 Å². The van der Waals surface area contributed by atoms with Crippen LogP contribution in [0, 0.1) is 0 Å². The number of hydrogen-bond acceptors (Lipinski definition) is 6. The van der Waals surface area contributed by atoms with E-state index < -0.39 is 21.3 Å². The summed E-state index contributed by atoms with van der Waals surface area (Å²) in [6.07, 6.45) is 1.48. The van der Waals surface area contributed by atoms with Crippen molar-refractivity contribution < 1.29 is 27.5 Å². The fourth-order valence-electron chi connectivity index (χ4n) is 3.63. The average Bonchev–Trinajstić information content (AvgIpc) is 3.61. The summed E-state index contributed by atoms with van der Waals surface area (Å²) in [6, 6.07) is 13.1. The Kier molecular flexibility index (Phi) is 7.76. The topological polar surface area (TPSA) is 102 Å². The number of likely N-dealkylation sites (N-methyl/N-ethyl adjacent to an activating group) is 1. The van der Waals surface area contributed by atoms with Crippen LogP contribution in [0.3, 0.4) is 0 Å². The van der Waals surface area contributed by atoms with Crippen LogP contribution in [0.25, 0.3) is 0 Å². The lowest BCUT2D eigenvalue weighted by atomic mass is 9.96. The number of anilines is 1. The molecule has 8 nitrogen and oxygen atoms in total. The maximum absolute atomic E-state index is 13.0. The summed E-state index contributed by atoms with van der Waals surface area (Å²) in [6.45, 7) is 5.95. The van der Waals surface area contributed by atoms with E-state index in [1.807, 2.05) is 6.92 Å². The first kappa shape index (κ1) is 24.7. The molecule has 1 N–H and O–H groups in total. The largest absolute Gasteiger partial charge is 0.494 e. The first-order chi connectivity index (χ1) is 15.8. The lowest BCUT2D eigenvalue weighted by molar-refractivity contribution is -0.146. The van der Waals surface area contributed by atoms with Gasteiger partial charge in [0.15, 0.2) is 0 Å². The second-order valence-corrected chi connectivity index (χ2v) is 9.70. The molecule has 1 aliphatic carbocycles. The van der Waals surface area contributed by atoms with Crippen LogP contribution in [-0.4, -0.2) is 50.9 Å².